The molecule has 0 atom stereocenters. The first-order valence-electron chi connectivity index (χ1n) is 18.5. The highest BCUT2D eigenvalue weighted by Gasteiger charge is 2.19. The van der Waals surface area contributed by atoms with E-state index in [2.05, 4.69) is 228 Å². The molecule has 0 saturated heterocycles. The highest BCUT2D eigenvalue weighted by molar-refractivity contribution is 6.11. The molecule has 9 aromatic carbocycles. The standard InChI is InChI=1S/C52H36N2/c1-3-15-37(16-4-1)41-20-13-22-44(35-41)53(45-23-14-21-42(36-45)38-17-5-2-6-18-38)43-32-29-40(30-33-43)52-46-24-8-7-19-39(46)31-34-51(52)54-49-27-11-9-25-47(49)48-26-10-12-28-50(48)54/h1-36H. The second kappa shape index (κ2) is 13.4. The molecule has 1 heterocycles. The molecule has 10 aromatic rings. The second-order valence-corrected chi connectivity index (χ2v) is 13.8. The predicted molar refractivity (Wildman–Crippen MR) is 229 cm³/mol. The summed E-state index contributed by atoms with van der Waals surface area (Å²) < 4.78 is 2.44. The van der Waals surface area contributed by atoms with Crippen LogP contribution in [-0.4, -0.2) is 4.57 Å². The molecule has 0 aliphatic rings. The van der Waals surface area contributed by atoms with E-state index < -0.39 is 0 Å². The van der Waals surface area contributed by atoms with Crippen LogP contribution in [0.3, 0.4) is 0 Å². The van der Waals surface area contributed by atoms with Gasteiger partial charge in [0.1, 0.15) is 0 Å². The van der Waals surface area contributed by atoms with Crippen LogP contribution in [0, 0.1) is 0 Å². The van der Waals surface area contributed by atoms with E-state index in [0.29, 0.717) is 0 Å². The summed E-state index contributed by atoms with van der Waals surface area (Å²) in [5.41, 5.74) is 14.0. The zero-order chi connectivity index (χ0) is 35.8. The summed E-state index contributed by atoms with van der Waals surface area (Å²) in [4.78, 5) is 2.37. The van der Waals surface area contributed by atoms with Crippen LogP contribution in [0.5, 0.6) is 0 Å². The number of benzene rings is 9. The van der Waals surface area contributed by atoms with E-state index in [1.807, 2.05) is 0 Å². The van der Waals surface area contributed by atoms with Gasteiger partial charge in [0.2, 0.25) is 0 Å². The lowest BCUT2D eigenvalue weighted by Crippen LogP contribution is -2.10. The van der Waals surface area contributed by atoms with Crippen molar-refractivity contribution in [1.29, 1.82) is 0 Å². The molecule has 0 bridgehead atoms. The van der Waals surface area contributed by atoms with E-state index in [4.69, 9.17) is 0 Å². The van der Waals surface area contributed by atoms with Gasteiger partial charge in [0.05, 0.1) is 16.7 Å². The molecule has 0 spiro atoms. The Balaban J connectivity index is 1.16. The summed E-state index contributed by atoms with van der Waals surface area (Å²) in [5.74, 6) is 0. The lowest BCUT2D eigenvalue weighted by Gasteiger charge is -2.27. The van der Waals surface area contributed by atoms with Crippen LogP contribution >= 0.6 is 0 Å². The van der Waals surface area contributed by atoms with Crippen molar-refractivity contribution in [1.82, 2.24) is 4.57 Å². The van der Waals surface area contributed by atoms with Gasteiger partial charge in [0.15, 0.2) is 0 Å². The molecule has 0 saturated carbocycles. The van der Waals surface area contributed by atoms with Crippen molar-refractivity contribution >= 4 is 49.6 Å². The third-order valence-electron chi connectivity index (χ3n) is 10.6. The molecule has 0 radical (unpaired) electrons. The number of para-hydroxylation sites is 2. The number of hydrogen-bond donors (Lipinski definition) is 0. The number of nitrogens with zero attached hydrogens (tertiary/aromatic N) is 2. The van der Waals surface area contributed by atoms with Gasteiger partial charge in [-0.15, -0.1) is 0 Å². The molecule has 0 aliphatic heterocycles. The maximum atomic E-state index is 2.44. The number of rotatable bonds is 7. The molecule has 1 aromatic heterocycles. The van der Waals surface area contributed by atoms with E-state index in [-0.39, 0.29) is 0 Å². The zero-order valence-electron chi connectivity index (χ0n) is 29.7. The number of fused-ring (bicyclic) bond motifs is 4. The van der Waals surface area contributed by atoms with Gasteiger partial charge >= 0.3 is 0 Å². The van der Waals surface area contributed by atoms with Gasteiger partial charge in [-0.2, -0.15) is 0 Å². The van der Waals surface area contributed by atoms with Crippen LogP contribution in [0.2, 0.25) is 0 Å². The smallest absolute Gasteiger partial charge is 0.0547 e. The Labute approximate surface area is 315 Å². The van der Waals surface area contributed by atoms with Crippen molar-refractivity contribution in [3.05, 3.63) is 218 Å². The van der Waals surface area contributed by atoms with Gasteiger partial charge < -0.3 is 9.47 Å². The maximum Gasteiger partial charge on any atom is 0.0547 e. The molecule has 0 aliphatic carbocycles. The first-order chi connectivity index (χ1) is 26.8. The minimum absolute atomic E-state index is 1.09. The van der Waals surface area contributed by atoms with Crippen molar-refractivity contribution in [2.45, 2.75) is 0 Å². The van der Waals surface area contributed by atoms with Gasteiger partial charge in [0.25, 0.3) is 0 Å². The molecule has 54 heavy (non-hydrogen) atoms. The van der Waals surface area contributed by atoms with Gasteiger partial charge in [-0.25, -0.2) is 0 Å². The summed E-state index contributed by atoms with van der Waals surface area (Å²) in [6.45, 7) is 0. The van der Waals surface area contributed by atoms with Crippen molar-refractivity contribution in [2.24, 2.45) is 0 Å². The fraction of sp³-hybridized carbons (Fsp3) is 0. The Morgan fingerprint density at radius 1 is 0.296 bits per heavy atom. The van der Waals surface area contributed by atoms with E-state index in [0.717, 1.165) is 17.1 Å². The van der Waals surface area contributed by atoms with Gasteiger partial charge in [-0.1, -0.05) is 164 Å². The van der Waals surface area contributed by atoms with E-state index >= 15 is 0 Å². The van der Waals surface area contributed by atoms with Crippen LogP contribution in [0.4, 0.5) is 17.1 Å². The Bertz CT molecular complexity index is 2790. The topological polar surface area (TPSA) is 8.17 Å². The summed E-state index contributed by atoms with van der Waals surface area (Å²) in [7, 11) is 0. The Morgan fingerprint density at radius 2 is 0.778 bits per heavy atom. The second-order valence-electron chi connectivity index (χ2n) is 13.8. The molecule has 10 rings (SSSR count). The summed E-state index contributed by atoms with van der Waals surface area (Å²) >= 11 is 0. The largest absolute Gasteiger partial charge is 0.310 e. The van der Waals surface area contributed by atoms with Gasteiger partial charge in [-0.3, -0.25) is 0 Å². The lowest BCUT2D eigenvalue weighted by molar-refractivity contribution is 1.19. The highest BCUT2D eigenvalue weighted by atomic mass is 15.1. The average Bonchev–Trinajstić information content (AvgIpc) is 3.59. The Kier molecular flexibility index (Phi) is 7.85. The molecular weight excluding hydrogens is 653 g/mol. The van der Waals surface area contributed by atoms with Crippen LogP contribution in [-0.2, 0) is 0 Å². The molecule has 0 amide bonds. The van der Waals surface area contributed by atoms with Crippen molar-refractivity contribution in [2.75, 3.05) is 4.90 Å². The normalized spacial score (nSPS) is 11.3. The Hall–Kier alpha value is -7.16. The monoisotopic (exact) mass is 688 g/mol. The van der Waals surface area contributed by atoms with E-state index in [1.165, 1.54) is 71.6 Å². The van der Waals surface area contributed by atoms with Crippen molar-refractivity contribution in [3.8, 4) is 39.1 Å². The summed E-state index contributed by atoms with van der Waals surface area (Å²) in [6, 6.07) is 78.9. The number of aromatic nitrogens is 1. The minimum atomic E-state index is 1.09. The Morgan fingerprint density at radius 3 is 1.35 bits per heavy atom. The van der Waals surface area contributed by atoms with E-state index in [1.54, 1.807) is 0 Å². The third-order valence-corrected chi connectivity index (χ3v) is 10.6. The van der Waals surface area contributed by atoms with E-state index in [9.17, 15) is 0 Å². The SMILES string of the molecule is c1ccc(-c2cccc(N(c3ccc(-c4c(-n5c6ccccc6c6ccccc65)ccc5ccccc45)cc3)c3cccc(-c4ccccc4)c3)c2)cc1. The predicted octanol–water partition coefficient (Wildman–Crippen LogP) is 14.4. The quantitative estimate of drug-likeness (QED) is 0.162. The fourth-order valence-corrected chi connectivity index (χ4v) is 8.07. The molecule has 0 unspecified atom stereocenters. The fourth-order valence-electron chi connectivity index (χ4n) is 8.07. The van der Waals surface area contributed by atoms with Crippen LogP contribution in [0.15, 0.2) is 218 Å². The van der Waals surface area contributed by atoms with Gasteiger partial charge in [0, 0.05) is 33.4 Å². The van der Waals surface area contributed by atoms with Crippen LogP contribution < -0.4 is 4.90 Å². The molecule has 2 nitrogen and oxygen atoms in total. The first kappa shape index (κ1) is 31.6. The molecular formula is C52H36N2. The first-order valence-corrected chi connectivity index (χ1v) is 18.5. The molecule has 2 heteroatoms. The zero-order valence-corrected chi connectivity index (χ0v) is 29.7. The highest BCUT2D eigenvalue weighted by Crippen LogP contribution is 2.42. The molecule has 254 valence electrons. The van der Waals surface area contributed by atoms with Crippen molar-refractivity contribution in [3.63, 3.8) is 0 Å². The van der Waals surface area contributed by atoms with Crippen LogP contribution in [0.1, 0.15) is 0 Å². The summed E-state index contributed by atoms with van der Waals surface area (Å²) in [6.07, 6.45) is 0. The van der Waals surface area contributed by atoms with Gasteiger partial charge in [-0.05, 0) is 93.2 Å². The number of hydrogen-bond acceptors (Lipinski definition) is 1. The average molecular weight is 689 g/mol. The lowest BCUT2D eigenvalue weighted by atomic mass is 9.95. The molecule has 0 fully saturated rings. The number of anilines is 3. The van der Waals surface area contributed by atoms with Crippen LogP contribution in [0.25, 0.3) is 71.6 Å². The van der Waals surface area contributed by atoms with Crippen molar-refractivity contribution < 1.29 is 0 Å². The third kappa shape index (κ3) is 5.53. The molecule has 0 N–H and O–H groups in total. The minimum Gasteiger partial charge on any atom is -0.310 e. The maximum absolute atomic E-state index is 2.44. The summed E-state index contributed by atoms with van der Waals surface area (Å²) in [5, 5.41) is 4.97.